The smallest absolute Gasteiger partial charge is 0.270 e. The van der Waals surface area contributed by atoms with Crippen LogP contribution < -0.4 is 4.74 Å². The standard InChI is InChI=1S/C19H22Cl2N2O2/c1-22-17(12-16(20)18(22)21)19(24)23-9-7-14(8-10-23)11-13-3-5-15(25-2)6-4-13/h3-6,12,14H,7-11H2,1-2H3. The number of carbonyl (C=O) groups is 1. The van der Waals surface area contributed by atoms with Crippen LogP contribution in [0.4, 0.5) is 0 Å². The highest BCUT2D eigenvalue weighted by Crippen LogP contribution is 2.28. The minimum atomic E-state index is -0.000743. The van der Waals surface area contributed by atoms with Gasteiger partial charge in [0.25, 0.3) is 5.91 Å². The molecule has 0 aliphatic carbocycles. The van der Waals surface area contributed by atoms with E-state index < -0.39 is 0 Å². The maximum absolute atomic E-state index is 12.7. The molecule has 0 unspecified atom stereocenters. The molecule has 134 valence electrons. The van der Waals surface area contributed by atoms with E-state index >= 15 is 0 Å². The van der Waals surface area contributed by atoms with Crippen LogP contribution in [0.3, 0.4) is 0 Å². The predicted molar refractivity (Wildman–Crippen MR) is 101 cm³/mol. The van der Waals surface area contributed by atoms with Crippen LogP contribution in [0.2, 0.25) is 10.2 Å². The van der Waals surface area contributed by atoms with Crippen LogP contribution in [-0.4, -0.2) is 35.6 Å². The molecule has 1 amide bonds. The second kappa shape index (κ2) is 7.71. The number of amides is 1. The zero-order valence-electron chi connectivity index (χ0n) is 14.5. The molecular weight excluding hydrogens is 359 g/mol. The number of rotatable bonds is 4. The summed E-state index contributed by atoms with van der Waals surface area (Å²) in [6, 6.07) is 9.87. The molecule has 1 aromatic carbocycles. The number of methoxy groups -OCH3 is 1. The van der Waals surface area contributed by atoms with Gasteiger partial charge in [0.1, 0.15) is 16.6 Å². The number of aromatic nitrogens is 1. The molecule has 0 saturated carbocycles. The molecular formula is C19H22Cl2N2O2. The van der Waals surface area contributed by atoms with E-state index in [2.05, 4.69) is 12.1 Å². The van der Waals surface area contributed by atoms with E-state index in [0.717, 1.165) is 38.1 Å². The minimum absolute atomic E-state index is 0.000743. The molecule has 1 aliphatic heterocycles. The van der Waals surface area contributed by atoms with E-state index in [0.29, 0.717) is 21.8 Å². The van der Waals surface area contributed by atoms with Gasteiger partial charge in [-0.15, -0.1) is 0 Å². The van der Waals surface area contributed by atoms with Crippen LogP contribution in [0.25, 0.3) is 0 Å². The molecule has 2 aromatic rings. The quantitative estimate of drug-likeness (QED) is 0.785. The third kappa shape index (κ3) is 3.96. The fraction of sp³-hybridized carbons (Fsp3) is 0.421. The first-order valence-corrected chi connectivity index (χ1v) is 9.18. The zero-order valence-corrected chi connectivity index (χ0v) is 16.0. The first-order chi connectivity index (χ1) is 12.0. The number of halogens is 2. The largest absolute Gasteiger partial charge is 0.497 e. The summed E-state index contributed by atoms with van der Waals surface area (Å²) in [6.07, 6.45) is 3.04. The summed E-state index contributed by atoms with van der Waals surface area (Å²) in [5, 5.41) is 0.821. The molecule has 0 bridgehead atoms. The van der Waals surface area contributed by atoms with Crippen LogP contribution in [0, 0.1) is 5.92 Å². The van der Waals surface area contributed by atoms with E-state index in [4.69, 9.17) is 27.9 Å². The Morgan fingerprint density at radius 3 is 2.36 bits per heavy atom. The van der Waals surface area contributed by atoms with Crippen molar-refractivity contribution in [1.29, 1.82) is 0 Å². The number of hydrogen-bond donors (Lipinski definition) is 0. The molecule has 0 spiro atoms. The fourth-order valence-corrected chi connectivity index (χ4v) is 3.72. The average Bonchev–Trinajstić information content (AvgIpc) is 2.90. The normalized spacial score (nSPS) is 15.4. The Morgan fingerprint density at radius 2 is 1.84 bits per heavy atom. The average molecular weight is 381 g/mol. The second-order valence-corrected chi connectivity index (χ2v) is 7.28. The first kappa shape index (κ1) is 18.2. The van der Waals surface area contributed by atoms with Crippen LogP contribution >= 0.6 is 23.2 Å². The van der Waals surface area contributed by atoms with Gasteiger partial charge in [-0.25, -0.2) is 0 Å². The predicted octanol–water partition coefficient (Wildman–Crippen LogP) is 4.44. The topological polar surface area (TPSA) is 34.5 Å². The molecule has 0 N–H and O–H groups in total. The van der Waals surface area contributed by atoms with Gasteiger partial charge in [0.15, 0.2) is 0 Å². The van der Waals surface area contributed by atoms with Crippen molar-refractivity contribution >= 4 is 29.1 Å². The van der Waals surface area contributed by atoms with Gasteiger partial charge in [-0.2, -0.15) is 0 Å². The summed E-state index contributed by atoms with van der Waals surface area (Å²) in [4.78, 5) is 14.6. The molecule has 3 rings (SSSR count). The third-order valence-electron chi connectivity index (χ3n) is 4.92. The molecule has 4 nitrogen and oxygen atoms in total. The Hall–Kier alpha value is -1.65. The van der Waals surface area contributed by atoms with Gasteiger partial charge in [-0.3, -0.25) is 4.79 Å². The van der Waals surface area contributed by atoms with Crippen molar-refractivity contribution < 1.29 is 9.53 Å². The summed E-state index contributed by atoms with van der Waals surface area (Å²) in [5.41, 5.74) is 1.86. The molecule has 1 fully saturated rings. The summed E-state index contributed by atoms with van der Waals surface area (Å²) in [6.45, 7) is 1.53. The van der Waals surface area contributed by atoms with Gasteiger partial charge >= 0.3 is 0 Å². The monoisotopic (exact) mass is 380 g/mol. The van der Waals surface area contributed by atoms with Gasteiger partial charge in [0.05, 0.1) is 12.1 Å². The van der Waals surface area contributed by atoms with Crippen molar-refractivity contribution in [3.63, 3.8) is 0 Å². The van der Waals surface area contributed by atoms with Crippen LogP contribution in [0.15, 0.2) is 30.3 Å². The number of hydrogen-bond acceptors (Lipinski definition) is 2. The minimum Gasteiger partial charge on any atom is -0.497 e. The highest BCUT2D eigenvalue weighted by molar-refractivity contribution is 6.41. The van der Waals surface area contributed by atoms with E-state index in [9.17, 15) is 4.79 Å². The zero-order chi connectivity index (χ0) is 18.0. The summed E-state index contributed by atoms with van der Waals surface area (Å²) in [5.74, 6) is 1.47. The van der Waals surface area contributed by atoms with E-state index in [-0.39, 0.29) is 5.91 Å². The molecule has 1 aliphatic rings. The lowest BCUT2D eigenvalue weighted by Gasteiger charge is -2.32. The maximum Gasteiger partial charge on any atom is 0.270 e. The number of piperidine rings is 1. The Bertz CT molecular complexity index is 748. The Kier molecular flexibility index (Phi) is 5.60. The van der Waals surface area contributed by atoms with Crippen molar-refractivity contribution in [3.05, 3.63) is 51.8 Å². The molecule has 1 aromatic heterocycles. The number of nitrogens with zero attached hydrogens (tertiary/aromatic N) is 2. The van der Waals surface area contributed by atoms with Gasteiger partial charge in [-0.1, -0.05) is 35.3 Å². The van der Waals surface area contributed by atoms with E-state index in [1.807, 2.05) is 17.0 Å². The summed E-state index contributed by atoms with van der Waals surface area (Å²) < 4.78 is 6.84. The number of benzene rings is 1. The molecule has 25 heavy (non-hydrogen) atoms. The van der Waals surface area contributed by atoms with Crippen LogP contribution in [0.1, 0.15) is 28.9 Å². The SMILES string of the molecule is COc1ccc(CC2CCN(C(=O)c3cc(Cl)c(Cl)n3C)CC2)cc1. The maximum atomic E-state index is 12.7. The van der Waals surface area contributed by atoms with Crippen molar-refractivity contribution in [1.82, 2.24) is 9.47 Å². The highest BCUT2D eigenvalue weighted by Gasteiger charge is 2.26. The number of carbonyl (C=O) groups excluding carboxylic acids is 1. The molecule has 1 saturated heterocycles. The molecule has 2 heterocycles. The highest BCUT2D eigenvalue weighted by atomic mass is 35.5. The molecule has 6 heteroatoms. The summed E-state index contributed by atoms with van der Waals surface area (Å²) >= 11 is 12.1. The number of likely N-dealkylation sites (tertiary alicyclic amines) is 1. The van der Waals surface area contributed by atoms with Gasteiger partial charge in [0, 0.05) is 20.1 Å². The van der Waals surface area contributed by atoms with Crippen molar-refractivity contribution in [2.45, 2.75) is 19.3 Å². The van der Waals surface area contributed by atoms with Crippen molar-refractivity contribution in [2.24, 2.45) is 13.0 Å². The lowest BCUT2D eigenvalue weighted by atomic mass is 9.90. The number of ether oxygens (including phenoxy) is 1. The van der Waals surface area contributed by atoms with Crippen LogP contribution in [0.5, 0.6) is 5.75 Å². The van der Waals surface area contributed by atoms with Crippen molar-refractivity contribution in [2.75, 3.05) is 20.2 Å². The lowest BCUT2D eigenvalue weighted by Crippen LogP contribution is -2.39. The first-order valence-electron chi connectivity index (χ1n) is 8.42. The molecule has 0 radical (unpaired) electrons. The van der Waals surface area contributed by atoms with Gasteiger partial charge in [0.2, 0.25) is 0 Å². The second-order valence-electron chi connectivity index (χ2n) is 6.52. The fourth-order valence-electron chi connectivity index (χ4n) is 3.34. The Labute approximate surface area is 158 Å². The molecule has 0 atom stereocenters. The van der Waals surface area contributed by atoms with Crippen molar-refractivity contribution in [3.8, 4) is 5.75 Å². The third-order valence-corrected chi connectivity index (χ3v) is 5.76. The lowest BCUT2D eigenvalue weighted by molar-refractivity contribution is 0.0681. The van der Waals surface area contributed by atoms with Gasteiger partial charge < -0.3 is 14.2 Å². The van der Waals surface area contributed by atoms with Gasteiger partial charge in [-0.05, 0) is 48.9 Å². The van der Waals surface area contributed by atoms with Crippen LogP contribution in [-0.2, 0) is 13.5 Å². The van der Waals surface area contributed by atoms with E-state index in [1.165, 1.54) is 5.56 Å². The van der Waals surface area contributed by atoms with E-state index in [1.54, 1.807) is 24.8 Å². The summed E-state index contributed by atoms with van der Waals surface area (Å²) in [7, 11) is 3.44. The Balaban J connectivity index is 1.57. The Morgan fingerprint density at radius 1 is 1.20 bits per heavy atom.